The molecule has 0 bridgehead atoms. The number of nitrogens with zero attached hydrogens (tertiary/aromatic N) is 1. The molecule has 3 rings (SSSR count). The lowest BCUT2D eigenvalue weighted by molar-refractivity contribution is -0.119. The third kappa shape index (κ3) is 4.23. The van der Waals surface area contributed by atoms with E-state index in [-0.39, 0.29) is 18.4 Å². The van der Waals surface area contributed by atoms with E-state index in [0.29, 0.717) is 39.8 Å². The summed E-state index contributed by atoms with van der Waals surface area (Å²) in [5.41, 5.74) is 4.77. The fourth-order valence-corrected chi connectivity index (χ4v) is 4.68. The van der Waals surface area contributed by atoms with Gasteiger partial charge in [-0.25, -0.2) is 4.79 Å². The van der Waals surface area contributed by atoms with E-state index in [4.69, 9.17) is 4.74 Å². The first-order chi connectivity index (χ1) is 14.2. The second-order valence-electron chi connectivity index (χ2n) is 7.42. The molecule has 160 valence electrons. The van der Waals surface area contributed by atoms with Crippen molar-refractivity contribution in [3.05, 3.63) is 51.8 Å². The van der Waals surface area contributed by atoms with Crippen LogP contribution in [0.3, 0.4) is 0 Å². The van der Waals surface area contributed by atoms with Crippen molar-refractivity contribution in [2.75, 3.05) is 23.6 Å². The molecule has 1 atom stereocenters. The van der Waals surface area contributed by atoms with E-state index >= 15 is 0 Å². The molecule has 1 aliphatic heterocycles. The minimum absolute atomic E-state index is 0.219. The summed E-state index contributed by atoms with van der Waals surface area (Å²) in [5.74, 6) is -0.0377. The van der Waals surface area contributed by atoms with E-state index in [1.165, 1.54) is 11.8 Å². The molecular formula is C22H27N3O4S. The van der Waals surface area contributed by atoms with Gasteiger partial charge in [-0.15, -0.1) is 11.8 Å². The normalized spacial score (nSPS) is 15.9. The van der Waals surface area contributed by atoms with Crippen LogP contribution in [0.15, 0.2) is 18.2 Å². The molecular weight excluding hydrogens is 402 g/mol. The first-order valence-electron chi connectivity index (χ1n) is 9.87. The number of esters is 1. The monoisotopic (exact) mass is 429 g/mol. The van der Waals surface area contributed by atoms with Crippen LogP contribution in [0.2, 0.25) is 0 Å². The molecule has 2 amide bonds. The maximum absolute atomic E-state index is 13.2. The Labute approximate surface area is 180 Å². The van der Waals surface area contributed by atoms with Gasteiger partial charge < -0.3 is 19.9 Å². The van der Waals surface area contributed by atoms with Crippen LogP contribution in [0.5, 0.6) is 0 Å². The van der Waals surface area contributed by atoms with E-state index in [1.54, 1.807) is 25.7 Å². The number of hydrogen-bond donors (Lipinski definition) is 2. The zero-order valence-electron chi connectivity index (χ0n) is 17.9. The number of aryl methyl sites for hydroxylation is 3. The molecule has 0 saturated carbocycles. The van der Waals surface area contributed by atoms with Crippen molar-refractivity contribution in [1.29, 1.82) is 0 Å². The lowest BCUT2D eigenvalue weighted by atomic mass is 10.1. The van der Waals surface area contributed by atoms with Gasteiger partial charge in [0.05, 0.1) is 18.0 Å². The summed E-state index contributed by atoms with van der Waals surface area (Å²) in [6.45, 7) is 9.45. The van der Waals surface area contributed by atoms with Crippen molar-refractivity contribution >= 4 is 35.2 Å². The number of ether oxygens (including phenoxy) is 1. The Balaban J connectivity index is 1.80. The van der Waals surface area contributed by atoms with E-state index < -0.39 is 12.0 Å². The number of carbonyl (C=O) groups excluding carboxylic acids is 3. The molecule has 1 unspecified atom stereocenters. The van der Waals surface area contributed by atoms with E-state index in [0.717, 1.165) is 11.1 Å². The number of rotatable bonds is 5. The molecule has 30 heavy (non-hydrogen) atoms. The van der Waals surface area contributed by atoms with Crippen LogP contribution in [-0.2, 0) is 9.53 Å². The third-order valence-electron chi connectivity index (χ3n) is 5.35. The molecule has 2 heterocycles. The Hall–Kier alpha value is -2.74. The van der Waals surface area contributed by atoms with Gasteiger partial charge in [0.25, 0.3) is 5.91 Å². The van der Waals surface area contributed by atoms with Crippen LogP contribution < -0.4 is 5.32 Å². The van der Waals surface area contributed by atoms with Crippen molar-refractivity contribution < 1.29 is 19.1 Å². The highest BCUT2D eigenvalue weighted by Gasteiger charge is 2.37. The molecule has 0 radical (unpaired) electrons. The van der Waals surface area contributed by atoms with Crippen LogP contribution in [0.25, 0.3) is 0 Å². The summed E-state index contributed by atoms with van der Waals surface area (Å²) in [6, 6.07) is 5.15. The number of aromatic nitrogens is 1. The highest BCUT2D eigenvalue weighted by Crippen LogP contribution is 2.27. The van der Waals surface area contributed by atoms with Crippen molar-refractivity contribution in [2.24, 2.45) is 0 Å². The quantitative estimate of drug-likeness (QED) is 0.709. The third-order valence-corrected chi connectivity index (χ3v) is 6.36. The fraction of sp³-hybridized carbons (Fsp3) is 0.409. The van der Waals surface area contributed by atoms with Crippen molar-refractivity contribution in [3.8, 4) is 0 Å². The molecule has 8 heteroatoms. The Kier molecular flexibility index (Phi) is 6.55. The molecule has 2 aromatic rings. The number of thioether (sulfide) groups is 1. The van der Waals surface area contributed by atoms with Gasteiger partial charge in [0, 0.05) is 17.1 Å². The first kappa shape index (κ1) is 22.0. The lowest BCUT2D eigenvalue weighted by Gasteiger charge is -2.23. The summed E-state index contributed by atoms with van der Waals surface area (Å²) in [5, 5.41) is 2.92. The molecule has 0 spiro atoms. The van der Waals surface area contributed by atoms with Gasteiger partial charge in [0.15, 0.2) is 0 Å². The maximum Gasteiger partial charge on any atom is 0.340 e. The van der Waals surface area contributed by atoms with Crippen LogP contribution >= 0.6 is 11.8 Å². The van der Waals surface area contributed by atoms with Gasteiger partial charge >= 0.3 is 5.97 Å². The predicted molar refractivity (Wildman–Crippen MR) is 118 cm³/mol. The Morgan fingerprint density at radius 3 is 2.60 bits per heavy atom. The molecule has 1 fully saturated rings. The second kappa shape index (κ2) is 8.95. The number of amides is 2. The Bertz CT molecular complexity index is 999. The van der Waals surface area contributed by atoms with Crippen LogP contribution in [0.1, 0.15) is 50.2 Å². The van der Waals surface area contributed by atoms with Crippen LogP contribution in [0.4, 0.5) is 5.69 Å². The summed E-state index contributed by atoms with van der Waals surface area (Å²) in [7, 11) is 0. The molecule has 0 aliphatic carbocycles. The summed E-state index contributed by atoms with van der Waals surface area (Å²) < 4.78 is 5.10. The number of carbonyl (C=O) groups is 3. The smallest absolute Gasteiger partial charge is 0.340 e. The Morgan fingerprint density at radius 1 is 1.20 bits per heavy atom. The maximum atomic E-state index is 13.2. The van der Waals surface area contributed by atoms with E-state index in [2.05, 4.69) is 10.3 Å². The molecule has 1 aromatic heterocycles. The Morgan fingerprint density at radius 2 is 1.93 bits per heavy atom. The topological polar surface area (TPSA) is 91.5 Å². The van der Waals surface area contributed by atoms with Crippen LogP contribution in [-0.4, -0.2) is 51.9 Å². The number of benzene rings is 1. The molecule has 7 nitrogen and oxygen atoms in total. The minimum Gasteiger partial charge on any atom is -0.462 e. The summed E-state index contributed by atoms with van der Waals surface area (Å²) in [4.78, 5) is 42.9. The van der Waals surface area contributed by atoms with Crippen molar-refractivity contribution in [1.82, 2.24) is 9.88 Å². The SMILES string of the molecule is CCOC(=O)c1c(C)[nH]c(C(=O)N2CSCC2C(=O)Nc2ccc(C)c(C)c2)c1C. The van der Waals surface area contributed by atoms with Gasteiger partial charge in [-0.05, 0) is 63.4 Å². The summed E-state index contributed by atoms with van der Waals surface area (Å²) >= 11 is 1.53. The molecule has 1 saturated heterocycles. The highest BCUT2D eigenvalue weighted by molar-refractivity contribution is 7.99. The first-order valence-corrected chi connectivity index (χ1v) is 11.0. The van der Waals surface area contributed by atoms with Crippen LogP contribution in [0, 0.1) is 27.7 Å². The van der Waals surface area contributed by atoms with Gasteiger partial charge in [-0.2, -0.15) is 0 Å². The van der Waals surface area contributed by atoms with Gasteiger partial charge in [-0.3, -0.25) is 9.59 Å². The lowest BCUT2D eigenvalue weighted by Crippen LogP contribution is -2.44. The van der Waals surface area contributed by atoms with Gasteiger partial charge in [0.2, 0.25) is 5.91 Å². The number of nitrogens with one attached hydrogen (secondary N) is 2. The molecule has 1 aliphatic rings. The fourth-order valence-electron chi connectivity index (χ4n) is 3.52. The standard InChI is InChI=1S/C22H27N3O4S/c1-6-29-22(28)18-14(4)19(23-15(18)5)21(27)25-11-30-10-17(25)20(26)24-16-8-7-12(2)13(3)9-16/h7-9,17,23H,6,10-11H2,1-5H3,(H,24,26). The molecule has 1 aromatic carbocycles. The number of H-pyrrole nitrogens is 1. The predicted octanol–water partition coefficient (Wildman–Crippen LogP) is 3.58. The van der Waals surface area contributed by atoms with Crippen molar-refractivity contribution in [2.45, 2.75) is 40.7 Å². The second-order valence-corrected chi connectivity index (χ2v) is 8.42. The van der Waals surface area contributed by atoms with E-state index in [9.17, 15) is 14.4 Å². The molecule has 2 N–H and O–H groups in total. The zero-order chi connectivity index (χ0) is 22.0. The number of hydrogen-bond acceptors (Lipinski definition) is 5. The largest absolute Gasteiger partial charge is 0.462 e. The average molecular weight is 430 g/mol. The number of anilines is 1. The van der Waals surface area contributed by atoms with E-state index in [1.807, 2.05) is 32.0 Å². The van der Waals surface area contributed by atoms with Crippen molar-refractivity contribution in [3.63, 3.8) is 0 Å². The highest BCUT2D eigenvalue weighted by atomic mass is 32.2. The average Bonchev–Trinajstić information content (AvgIpc) is 3.29. The summed E-state index contributed by atoms with van der Waals surface area (Å²) in [6.07, 6.45) is 0. The number of aromatic amines is 1. The van der Waals surface area contributed by atoms with Gasteiger partial charge in [0.1, 0.15) is 11.7 Å². The zero-order valence-corrected chi connectivity index (χ0v) is 18.7. The minimum atomic E-state index is -0.585. The van der Waals surface area contributed by atoms with Gasteiger partial charge in [-0.1, -0.05) is 6.07 Å².